The van der Waals surface area contributed by atoms with Crippen LogP contribution in [-0.4, -0.2) is 62.3 Å². The first kappa shape index (κ1) is 23.2. The standard InChI is InChI=1S/C17H34N4O4/c1-16(2,3)20(14(22)23)13(19-12-10-8-7-9-11-18)21(15(24)25)17(4,5)6/h7-12,18H2,1-6H3,(H,22,23)(H,24,25). The van der Waals surface area contributed by atoms with E-state index in [0.717, 1.165) is 35.5 Å². The minimum Gasteiger partial charge on any atom is -0.465 e. The number of hydrogen-bond acceptors (Lipinski definition) is 4. The summed E-state index contributed by atoms with van der Waals surface area (Å²) in [5.41, 5.74) is 3.80. The van der Waals surface area contributed by atoms with Crippen LogP contribution in [0.15, 0.2) is 4.99 Å². The summed E-state index contributed by atoms with van der Waals surface area (Å²) < 4.78 is 0. The van der Waals surface area contributed by atoms with Gasteiger partial charge in [0.05, 0.1) is 0 Å². The van der Waals surface area contributed by atoms with Crippen molar-refractivity contribution in [2.24, 2.45) is 10.7 Å². The smallest absolute Gasteiger partial charge is 0.414 e. The van der Waals surface area contributed by atoms with Crippen LogP contribution in [0, 0.1) is 0 Å². The molecule has 146 valence electrons. The van der Waals surface area contributed by atoms with E-state index in [1.54, 1.807) is 41.5 Å². The van der Waals surface area contributed by atoms with Crippen LogP contribution in [0.3, 0.4) is 0 Å². The summed E-state index contributed by atoms with van der Waals surface area (Å²) in [7, 11) is 0. The molecular formula is C17H34N4O4. The van der Waals surface area contributed by atoms with Gasteiger partial charge in [0.25, 0.3) is 0 Å². The molecule has 0 heterocycles. The highest BCUT2D eigenvalue weighted by molar-refractivity contribution is 6.01. The maximum atomic E-state index is 11.8. The number of aliphatic imine (C=N–C) groups is 1. The number of guanidine groups is 1. The van der Waals surface area contributed by atoms with Crippen molar-refractivity contribution in [3.8, 4) is 0 Å². The number of nitrogens with two attached hydrogens (primary N) is 1. The summed E-state index contributed by atoms with van der Waals surface area (Å²) >= 11 is 0. The second kappa shape index (κ2) is 9.60. The van der Waals surface area contributed by atoms with Gasteiger partial charge < -0.3 is 15.9 Å². The van der Waals surface area contributed by atoms with Gasteiger partial charge in [-0.3, -0.25) is 4.99 Å². The normalized spacial score (nSPS) is 11.8. The molecule has 0 aliphatic rings. The predicted octanol–water partition coefficient (Wildman–Crippen LogP) is 3.42. The van der Waals surface area contributed by atoms with Gasteiger partial charge >= 0.3 is 12.2 Å². The highest BCUT2D eigenvalue weighted by atomic mass is 16.4. The lowest BCUT2D eigenvalue weighted by Crippen LogP contribution is -2.60. The fourth-order valence-corrected chi connectivity index (χ4v) is 2.38. The molecule has 0 saturated heterocycles. The molecule has 8 nitrogen and oxygen atoms in total. The Morgan fingerprint density at radius 1 is 0.840 bits per heavy atom. The lowest BCUT2D eigenvalue weighted by molar-refractivity contribution is 0.109. The van der Waals surface area contributed by atoms with Gasteiger partial charge in [0.15, 0.2) is 0 Å². The molecule has 0 bridgehead atoms. The molecule has 2 amide bonds. The van der Waals surface area contributed by atoms with E-state index < -0.39 is 23.3 Å². The molecule has 0 saturated carbocycles. The van der Waals surface area contributed by atoms with E-state index in [1.807, 2.05) is 0 Å². The average Bonchev–Trinajstić information content (AvgIpc) is 2.38. The second-order valence-electron chi connectivity index (χ2n) is 7.96. The first-order valence-corrected chi connectivity index (χ1v) is 8.65. The molecule has 0 aliphatic heterocycles. The number of hydrogen-bond donors (Lipinski definition) is 3. The van der Waals surface area contributed by atoms with Crippen LogP contribution < -0.4 is 5.73 Å². The number of rotatable bonds is 6. The van der Waals surface area contributed by atoms with Crippen molar-refractivity contribution in [1.82, 2.24) is 9.80 Å². The van der Waals surface area contributed by atoms with E-state index >= 15 is 0 Å². The van der Waals surface area contributed by atoms with E-state index in [-0.39, 0.29) is 5.96 Å². The van der Waals surface area contributed by atoms with Gasteiger partial charge in [-0.2, -0.15) is 0 Å². The summed E-state index contributed by atoms with van der Waals surface area (Å²) in [4.78, 5) is 30.1. The number of amides is 2. The number of unbranched alkanes of at least 4 members (excludes halogenated alkanes) is 3. The molecule has 0 aromatic rings. The zero-order valence-electron chi connectivity index (χ0n) is 16.4. The highest BCUT2D eigenvalue weighted by Crippen LogP contribution is 2.22. The van der Waals surface area contributed by atoms with Crippen LogP contribution in [0.5, 0.6) is 0 Å². The Hall–Kier alpha value is -1.83. The molecule has 0 rings (SSSR count). The molecule has 8 heteroatoms. The van der Waals surface area contributed by atoms with Crippen LogP contribution in [0.2, 0.25) is 0 Å². The van der Waals surface area contributed by atoms with Crippen LogP contribution in [0.25, 0.3) is 0 Å². The third-order valence-corrected chi connectivity index (χ3v) is 3.49. The van der Waals surface area contributed by atoms with Gasteiger partial charge in [-0.05, 0) is 60.9 Å². The number of nitrogens with zero attached hydrogens (tertiary/aromatic N) is 3. The molecule has 0 spiro atoms. The molecule has 0 atom stereocenters. The maximum Gasteiger partial charge on any atom is 0.414 e. The Kier molecular flexibility index (Phi) is 8.90. The van der Waals surface area contributed by atoms with Crippen molar-refractivity contribution in [2.45, 2.75) is 78.3 Å². The minimum absolute atomic E-state index is 0.0566. The van der Waals surface area contributed by atoms with Crippen molar-refractivity contribution >= 4 is 18.1 Å². The third-order valence-electron chi connectivity index (χ3n) is 3.49. The highest BCUT2D eigenvalue weighted by Gasteiger charge is 2.40. The van der Waals surface area contributed by atoms with E-state index in [1.165, 1.54) is 0 Å². The fraction of sp³-hybridized carbons (Fsp3) is 0.824. The molecule has 0 aromatic carbocycles. The van der Waals surface area contributed by atoms with Crippen LogP contribution >= 0.6 is 0 Å². The molecule has 0 aromatic heterocycles. The lowest BCUT2D eigenvalue weighted by atomic mass is 10.0. The largest absolute Gasteiger partial charge is 0.465 e. The zero-order valence-corrected chi connectivity index (χ0v) is 16.4. The van der Waals surface area contributed by atoms with Gasteiger partial charge in [-0.25, -0.2) is 19.4 Å². The number of carboxylic acid groups (broad SMARTS) is 2. The lowest BCUT2D eigenvalue weighted by Gasteiger charge is -2.41. The van der Waals surface area contributed by atoms with Crippen LogP contribution in [0.4, 0.5) is 9.59 Å². The van der Waals surface area contributed by atoms with Gasteiger partial charge in [0.2, 0.25) is 5.96 Å². The Balaban J connectivity index is 5.71. The Morgan fingerprint density at radius 2 is 1.24 bits per heavy atom. The van der Waals surface area contributed by atoms with E-state index in [4.69, 9.17) is 5.73 Å². The maximum absolute atomic E-state index is 11.8. The molecule has 4 N–H and O–H groups in total. The fourth-order valence-electron chi connectivity index (χ4n) is 2.38. The Bertz CT molecular complexity index is 444. The van der Waals surface area contributed by atoms with E-state index in [9.17, 15) is 19.8 Å². The molecule has 0 fully saturated rings. The third kappa shape index (κ3) is 7.72. The van der Waals surface area contributed by atoms with Crippen molar-refractivity contribution in [3.63, 3.8) is 0 Å². The predicted molar refractivity (Wildman–Crippen MR) is 99.1 cm³/mol. The summed E-state index contributed by atoms with van der Waals surface area (Å²) in [5, 5.41) is 19.3. The molecular weight excluding hydrogens is 324 g/mol. The van der Waals surface area contributed by atoms with Crippen LogP contribution in [-0.2, 0) is 0 Å². The summed E-state index contributed by atoms with van der Waals surface area (Å²) in [6, 6.07) is 0. The van der Waals surface area contributed by atoms with Crippen molar-refractivity contribution in [1.29, 1.82) is 0 Å². The first-order chi connectivity index (χ1) is 11.3. The van der Waals surface area contributed by atoms with Gasteiger partial charge in [0.1, 0.15) is 0 Å². The summed E-state index contributed by atoms with van der Waals surface area (Å²) in [6.45, 7) is 11.3. The monoisotopic (exact) mass is 358 g/mol. The minimum atomic E-state index is -1.23. The topological polar surface area (TPSA) is 119 Å². The summed E-state index contributed by atoms with van der Waals surface area (Å²) in [6.07, 6.45) is 1.11. The van der Waals surface area contributed by atoms with Crippen molar-refractivity contribution in [2.75, 3.05) is 13.1 Å². The van der Waals surface area contributed by atoms with Crippen molar-refractivity contribution in [3.05, 3.63) is 0 Å². The van der Waals surface area contributed by atoms with Crippen molar-refractivity contribution < 1.29 is 19.8 Å². The quantitative estimate of drug-likeness (QED) is 0.382. The number of carbonyl (C=O) groups is 2. The van der Waals surface area contributed by atoms with Gasteiger partial charge in [-0.1, -0.05) is 12.8 Å². The molecule has 0 unspecified atom stereocenters. The van der Waals surface area contributed by atoms with E-state index in [0.29, 0.717) is 13.1 Å². The molecule has 25 heavy (non-hydrogen) atoms. The van der Waals surface area contributed by atoms with Gasteiger partial charge in [-0.15, -0.1) is 0 Å². The second-order valence-corrected chi connectivity index (χ2v) is 7.96. The molecule has 0 aliphatic carbocycles. The Morgan fingerprint density at radius 3 is 1.56 bits per heavy atom. The summed E-state index contributed by atoms with van der Waals surface area (Å²) in [5.74, 6) is -0.0566. The first-order valence-electron chi connectivity index (χ1n) is 8.65. The molecule has 0 radical (unpaired) electrons. The average molecular weight is 358 g/mol. The zero-order chi connectivity index (χ0) is 19.8. The van der Waals surface area contributed by atoms with Gasteiger partial charge in [0, 0.05) is 17.6 Å². The SMILES string of the molecule is CC(C)(C)N(C(=O)O)C(=NCCCCCCN)N(C(=O)O)C(C)(C)C. The van der Waals surface area contributed by atoms with Crippen LogP contribution in [0.1, 0.15) is 67.2 Å². The van der Waals surface area contributed by atoms with E-state index in [2.05, 4.69) is 4.99 Å². The Labute approximate surface area is 150 Å².